The van der Waals surface area contributed by atoms with E-state index in [0.717, 1.165) is 35.5 Å². The molecule has 3 N–H and O–H groups in total. The van der Waals surface area contributed by atoms with Crippen molar-refractivity contribution in [2.75, 3.05) is 38.5 Å². The zero-order valence-corrected chi connectivity index (χ0v) is 23.1. The van der Waals surface area contributed by atoms with Gasteiger partial charge in [-0.1, -0.05) is 29.8 Å². The van der Waals surface area contributed by atoms with Crippen molar-refractivity contribution >= 4 is 35.1 Å². The van der Waals surface area contributed by atoms with E-state index in [9.17, 15) is 14.4 Å². The van der Waals surface area contributed by atoms with E-state index in [1.165, 1.54) is 0 Å². The lowest BCUT2D eigenvalue weighted by Gasteiger charge is -2.32. The number of likely N-dealkylation sites (N-methyl/N-ethyl adjacent to an activating group) is 1. The summed E-state index contributed by atoms with van der Waals surface area (Å²) in [6, 6.07) is 13.1. The number of aromatic amines is 1. The van der Waals surface area contributed by atoms with Crippen LogP contribution in [0.3, 0.4) is 0 Å². The molecule has 5 rings (SSSR count). The van der Waals surface area contributed by atoms with E-state index >= 15 is 0 Å². The van der Waals surface area contributed by atoms with Gasteiger partial charge in [-0.2, -0.15) is 0 Å². The maximum absolute atomic E-state index is 13.3. The summed E-state index contributed by atoms with van der Waals surface area (Å²) in [6.45, 7) is 10.9. The number of aryl methyl sites for hydroxylation is 2. The van der Waals surface area contributed by atoms with Gasteiger partial charge in [0.05, 0.1) is 17.2 Å². The molecule has 1 aromatic heterocycles. The number of carbonyl (C=O) groups excluding carboxylic acids is 3. The number of benzene rings is 2. The van der Waals surface area contributed by atoms with Gasteiger partial charge in [-0.05, 0) is 70.1 Å². The number of amides is 3. The molecule has 1 fully saturated rings. The van der Waals surface area contributed by atoms with Gasteiger partial charge in [0, 0.05) is 54.4 Å². The van der Waals surface area contributed by atoms with Crippen molar-refractivity contribution < 1.29 is 14.4 Å². The highest BCUT2D eigenvalue weighted by Crippen LogP contribution is 2.35. The molecule has 0 aliphatic carbocycles. The van der Waals surface area contributed by atoms with Crippen molar-refractivity contribution in [1.82, 2.24) is 20.1 Å². The summed E-state index contributed by atoms with van der Waals surface area (Å²) in [7, 11) is 2.06. The molecule has 3 amide bonds. The van der Waals surface area contributed by atoms with E-state index in [-0.39, 0.29) is 23.8 Å². The summed E-state index contributed by atoms with van der Waals surface area (Å²) in [4.78, 5) is 46.8. The molecular formula is C31H35N5O3. The number of anilines is 1. The van der Waals surface area contributed by atoms with Crippen LogP contribution in [0.1, 0.15) is 67.3 Å². The largest absolute Gasteiger partial charge is 0.358 e. The summed E-state index contributed by atoms with van der Waals surface area (Å²) in [6.07, 6.45) is 1.78. The molecule has 2 aromatic carbocycles. The predicted molar refractivity (Wildman–Crippen MR) is 154 cm³/mol. The fourth-order valence-electron chi connectivity index (χ4n) is 5.33. The first-order valence-corrected chi connectivity index (χ1v) is 13.3. The molecular weight excluding hydrogens is 490 g/mol. The molecule has 39 heavy (non-hydrogen) atoms. The molecule has 1 atom stereocenters. The van der Waals surface area contributed by atoms with E-state index in [1.807, 2.05) is 50.8 Å². The first-order valence-electron chi connectivity index (χ1n) is 13.3. The maximum Gasteiger partial charge on any atom is 0.256 e. The number of hydrogen-bond acceptors (Lipinski definition) is 4. The number of piperazine rings is 1. The molecule has 3 heterocycles. The summed E-state index contributed by atoms with van der Waals surface area (Å²) in [5, 5.41) is 5.95. The smallest absolute Gasteiger partial charge is 0.256 e. The maximum atomic E-state index is 13.3. The van der Waals surface area contributed by atoms with Gasteiger partial charge < -0.3 is 25.4 Å². The first-order chi connectivity index (χ1) is 18.6. The zero-order chi connectivity index (χ0) is 27.8. The Bertz CT molecular complexity index is 1490. The van der Waals surface area contributed by atoms with Crippen molar-refractivity contribution in [1.29, 1.82) is 0 Å². The molecule has 1 unspecified atom stereocenters. The lowest BCUT2D eigenvalue weighted by molar-refractivity contribution is -0.110. The topological polar surface area (TPSA) is 97.5 Å². The van der Waals surface area contributed by atoms with Gasteiger partial charge in [0.1, 0.15) is 0 Å². The van der Waals surface area contributed by atoms with Crippen molar-refractivity contribution in [3.05, 3.63) is 87.2 Å². The number of nitrogens with one attached hydrogen (secondary N) is 3. The van der Waals surface area contributed by atoms with Crippen LogP contribution in [-0.4, -0.2) is 65.7 Å². The molecule has 1 saturated heterocycles. The highest BCUT2D eigenvalue weighted by atomic mass is 16.2. The van der Waals surface area contributed by atoms with Gasteiger partial charge in [-0.15, -0.1) is 0 Å². The lowest BCUT2D eigenvalue weighted by Crippen LogP contribution is -2.47. The Labute approximate surface area is 229 Å². The molecule has 0 saturated carbocycles. The van der Waals surface area contributed by atoms with Crippen LogP contribution in [0.2, 0.25) is 0 Å². The van der Waals surface area contributed by atoms with Gasteiger partial charge in [-0.3, -0.25) is 14.4 Å². The SMILES string of the molecule is Cc1cccc(C(C)NC(=O)c2ccc3c(c2)/C(=C/c2[nH]c(C)c(C(=O)N4CCN(C)CC4)c2C)C(=O)N3)c1. The van der Waals surface area contributed by atoms with Gasteiger partial charge >= 0.3 is 0 Å². The first kappa shape index (κ1) is 26.4. The molecule has 2 aliphatic heterocycles. The molecule has 202 valence electrons. The molecule has 0 radical (unpaired) electrons. The van der Waals surface area contributed by atoms with E-state index in [1.54, 1.807) is 24.3 Å². The fraction of sp³-hybridized carbons (Fsp3) is 0.323. The zero-order valence-electron chi connectivity index (χ0n) is 23.1. The van der Waals surface area contributed by atoms with Crippen molar-refractivity contribution in [2.45, 2.75) is 33.7 Å². The van der Waals surface area contributed by atoms with Crippen LogP contribution in [0, 0.1) is 20.8 Å². The Morgan fingerprint density at radius 3 is 2.49 bits per heavy atom. The predicted octanol–water partition coefficient (Wildman–Crippen LogP) is 4.31. The second-order valence-electron chi connectivity index (χ2n) is 10.6. The van der Waals surface area contributed by atoms with Gasteiger partial charge in [0.2, 0.25) is 0 Å². The minimum Gasteiger partial charge on any atom is -0.358 e. The number of fused-ring (bicyclic) bond motifs is 1. The Morgan fingerprint density at radius 1 is 1.03 bits per heavy atom. The third-order valence-corrected chi connectivity index (χ3v) is 7.72. The second kappa shape index (κ2) is 10.5. The molecule has 8 nitrogen and oxygen atoms in total. The summed E-state index contributed by atoms with van der Waals surface area (Å²) < 4.78 is 0. The van der Waals surface area contributed by atoms with Gasteiger partial charge in [-0.25, -0.2) is 0 Å². The fourth-order valence-corrected chi connectivity index (χ4v) is 5.33. The van der Waals surface area contributed by atoms with Crippen LogP contribution in [-0.2, 0) is 4.79 Å². The van der Waals surface area contributed by atoms with E-state index in [2.05, 4.69) is 33.6 Å². The standard InChI is InChI=1S/C31H35N5O3/c1-18-7-6-8-22(15-18)20(3)33-29(37)23-9-10-26-24(16-23)25(30(38)34-26)17-27-19(2)28(21(4)32-27)31(39)36-13-11-35(5)12-14-36/h6-10,15-17,20,32H,11-14H2,1-5H3,(H,33,37)(H,34,38)/b25-17-. The highest BCUT2D eigenvalue weighted by Gasteiger charge is 2.28. The molecule has 3 aromatic rings. The van der Waals surface area contributed by atoms with E-state index in [4.69, 9.17) is 0 Å². The third-order valence-electron chi connectivity index (χ3n) is 7.72. The van der Waals surface area contributed by atoms with Crippen LogP contribution in [0.15, 0.2) is 42.5 Å². The Kier molecular flexibility index (Phi) is 7.14. The van der Waals surface area contributed by atoms with Crippen molar-refractivity contribution in [2.24, 2.45) is 0 Å². The summed E-state index contributed by atoms with van der Waals surface area (Å²) in [5.41, 5.74) is 7.37. The van der Waals surface area contributed by atoms with E-state index in [0.29, 0.717) is 46.7 Å². The van der Waals surface area contributed by atoms with Crippen molar-refractivity contribution in [3.8, 4) is 0 Å². The monoisotopic (exact) mass is 525 g/mol. The van der Waals surface area contributed by atoms with Crippen LogP contribution < -0.4 is 10.6 Å². The number of hydrogen-bond donors (Lipinski definition) is 3. The number of nitrogens with zero attached hydrogens (tertiary/aromatic N) is 2. The van der Waals surface area contributed by atoms with Crippen LogP contribution in [0.4, 0.5) is 5.69 Å². The quantitative estimate of drug-likeness (QED) is 0.433. The average Bonchev–Trinajstić information content (AvgIpc) is 3.37. The molecule has 2 aliphatic rings. The van der Waals surface area contributed by atoms with Crippen molar-refractivity contribution in [3.63, 3.8) is 0 Å². The summed E-state index contributed by atoms with van der Waals surface area (Å²) >= 11 is 0. The second-order valence-corrected chi connectivity index (χ2v) is 10.6. The normalized spacial score (nSPS) is 17.2. The Morgan fingerprint density at radius 2 is 1.77 bits per heavy atom. The van der Waals surface area contributed by atoms with Crippen LogP contribution in [0.5, 0.6) is 0 Å². The Balaban J connectivity index is 1.41. The third kappa shape index (κ3) is 5.25. The minimum atomic E-state index is -0.241. The van der Waals surface area contributed by atoms with Crippen LogP contribution in [0.25, 0.3) is 11.6 Å². The number of aromatic nitrogens is 1. The van der Waals surface area contributed by atoms with E-state index < -0.39 is 0 Å². The number of rotatable bonds is 5. The Hall–Kier alpha value is -4.17. The van der Waals surface area contributed by atoms with Gasteiger partial charge in [0.25, 0.3) is 17.7 Å². The molecule has 8 heteroatoms. The molecule has 0 spiro atoms. The average molecular weight is 526 g/mol. The number of H-pyrrole nitrogens is 1. The summed E-state index contributed by atoms with van der Waals surface area (Å²) in [5.74, 6) is -0.441. The lowest BCUT2D eigenvalue weighted by atomic mass is 10.0. The van der Waals surface area contributed by atoms with Crippen LogP contribution >= 0.6 is 0 Å². The molecule has 0 bridgehead atoms. The van der Waals surface area contributed by atoms with Gasteiger partial charge in [0.15, 0.2) is 0 Å². The number of carbonyl (C=O) groups is 3. The highest BCUT2D eigenvalue weighted by molar-refractivity contribution is 6.35. The minimum absolute atomic E-state index is 0.0111.